The van der Waals surface area contributed by atoms with E-state index in [4.69, 9.17) is 4.74 Å². The maximum absolute atomic E-state index is 12.3. The van der Waals surface area contributed by atoms with Gasteiger partial charge in [0.2, 0.25) is 0 Å². The molecule has 2 aromatic rings. The van der Waals surface area contributed by atoms with Gasteiger partial charge >= 0.3 is 12.1 Å². The van der Waals surface area contributed by atoms with E-state index in [-0.39, 0.29) is 30.8 Å². The number of carbonyl (C=O) groups excluding carboxylic acids is 1. The predicted octanol–water partition coefficient (Wildman–Crippen LogP) is 2.38. The number of nitrogens with one attached hydrogen (secondary N) is 1. The molecule has 3 rings (SSSR count). The molecular weight excluding hydrogens is 327 g/mol. The van der Waals surface area contributed by atoms with Gasteiger partial charge in [-0.25, -0.2) is 0 Å². The summed E-state index contributed by atoms with van der Waals surface area (Å²) in [6, 6.07) is 5.13. The molecule has 0 radical (unpaired) electrons. The van der Waals surface area contributed by atoms with E-state index in [9.17, 15) is 18.0 Å². The zero-order chi connectivity index (χ0) is 17.3. The third-order valence-electron chi connectivity index (χ3n) is 3.50. The molecule has 9 heteroatoms. The van der Waals surface area contributed by atoms with Crippen molar-refractivity contribution in [2.24, 2.45) is 0 Å². The maximum atomic E-state index is 12.3. The summed E-state index contributed by atoms with van der Waals surface area (Å²) in [4.78, 5) is 15.3. The molecule has 6 nitrogen and oxygen atoms in total. The van der Waals surface area contributed by atoms with Crippen LogP contribution in [0.5, 0.6) is 5.75 Å². The molecule has 0 fully saturated rings. The van der Waals surface area contributed by atoms with Crippen molar-refractivity contribution in [2.75, 3.05) is 6.54 Å². The molecule has 0 saturated heterocycles. The summed E-state index contributed by atoms with van der Waals surface area (Å²) < 4.78 is 46.7. The maximum Gasteiger partial charge on any atom is 0.471 e. The zero-order valence-corrected chi connectivity index (χ0v) is 12.7. The van der Waals surface area contributed by atoms with Gasteiger partial charge in [0.25, 0.3) is 5.91 Å². The monoisotopic (exact) mass is 341 g/mol. The summed E-state index contributed by atoms with van der Waals surface area (Å²) in [5, 5.41) is 5.85. The number of rotatable bonds is 4. The molecule has 1 aliphatic rings. The quantitative estimate of drug-likeness (QED) is 0.924. The number of aromatic nitrogens is 2. The van der Waals surface area contributed by atoms with Crippen molar-refractivity contribution in [2.45, 2.75) is 32.0 Å². The number of hydrogen-bond acceptors (Lipinski definition) is 5. The Morgan fingerprint density at radius 1 is 1.42 bits per heavy atom. The highest BCUT2D eigenvalue weighted by molar-refractivity contribution is 5.94. The largest absolute Gasteiger partial charge is 0.490 e. The Labute approximate surface area is 135 Å². The summed E-state index contributed by atoms with van der Waals surface area (Å²) in [6.45, 7) is 2.04. The summed E-state index contributed by atoms with van der Waals surface area (Å²) >= 11 is 0. The van der Waals surface area contributed by atoms with Crippen molar-refractivity contribution in [1.82, 2.24) is 15.5 Å². The lowest BCUT2D eigenvalue weighted by Gasteiger charge is -2.05. The third-order valence-corrected chi connectivity index (χ3v) is 3.50. The molecular formula is C15H14F3N3O3. The van der Waals surface area contributed by atoms with Crippen molar-refractivity contribution < 1.29 is 27.2 Å². The Bertz CT molecular complexity index is 758. The second-order valence-corrected chi connectivity index (χ2v) is 5.47. The first kappa shape index (κ1) is 16.3. The van der Waals surface area contributed by atoms with Gasteiger partial charge in [0, 0.05) is 24.9 Å². The predicted molar refractivity (Wildman–Crippen MR) is 75.6 cm³/mol. The standard InChI is InChI=1S/C15H14F3N3O3/c1-8-6-10-7-9(2-3-11(10)23-8)13(22)19-5-4-12-20-14(24-21-12)15(16,17)18/h2-3,7-8H,4-6H2,1H3,(H,19,22)/t8-/m0/s1. The highest BCUT2D eigenvalue weighted by Crippen LogP contribution is 2.29. The average Bonchev–Trinajstić information content (AvgIpc) is 3.11. The number of nitrogens with zero attached hydrogens (tertiary/aromatic N) is 2. The van der Waals surface area contributed by atoms with Gasteiger partial charge in [-0.1, -0.05) is 5.16 Å². The molecule has 1 aromatic heterocycles. The fourth-order valence-corrected chi connectivity index (χ4v) is 2.42. The molecule has 0 spiro atoms. The molecule has 0 unspecified atom stereocenters. The SMILES string of the molecule is C[C@H]1Cc2cc(C(=O)NCCc3noc(C(F)(F)F)n3)ccc2O1. The van der Waals surface area contributed by atoms with Gasteiger partial charge in [-0.2, -0.15) is 18.2 Å². The number of halogens is 3. The fourth-order valence-electron chi connectivity index (χ4n) is 2.42. The van der Waals surface area contributed by atoms with Gasteiger partial charge in [0.05, 0.1) is 0 Å². The fraction of sp³-hybridized carbons (Fsp3) is 0.400. The first-order valence-electron chi connectivity index (χ1n) is 7.30. The van der Waals surface area contributed by atoms with E-state index in [1.165, 1.54) is 0 Å². The van der Waals surface area contributed by atoms with E-state index in [0.29, 0.717) is 5.56 Å². The summed E-state index contributed by atoms with van der Waals surface area (Å²) in [6.07, 6.45) is -3.81. The average molecular weight is 341 g/mol. The van der Waals surface area contributed by atoms with Crippen LogP contribution in [0.2, 0.25) is 0 Å². The molecule has 0 aliphatic carbocycles. The molecule has 128 valence electrons. The van der Waals surface area contributed by atoms with E-state index in [1.807, 2.05) is 6.92 Å². The molecule has 0 bridgehead atoms. The van der Waals surface area contributed by atoms with Crippen LogP contribution in [0.25, 0.3) is 0 Å². The molecule has 1 aliphatic heterocycles. The van der Waals surface area contributed by atoms with Gasteiger partial charge < -0.3 is 14.6 Å². The van der Waals surface area contributed by atoms with Crippen LogP contribution in [0.4, 0.5) is 13.2 Å². The minimum Gasteiger partial charge on any atom is -0.490 e. The lowest BCUT2D eigenvalue weighted by Crippen LogP contribution is -2.26. The van der Waals surface area contributed by atoms with Crippen LogP contribution in [0.1, 0.15) is 34.6 Å². The molecule has 1 amide bonds. The van der Waals surface area contributed by atoms with Gasteiger partial charge in [0.15, 0.2) is 5.82 Å². The van der Waals surface area contributed by atoms with Crippen molar-refractivity contribution in [1.29, 1.82) is 0 Å². The van der Waals surface area contributed by atoms with E-state index in [1.54, 1.807) is 18.2 Å². The van der Waals surface area contributed by atoms with E-state index in [0.717, 1.165) is 17.7 Å². The Hall–Kier alpha value is -2.58. The lowest BCUT2D eigenvalue weighted by atomic mass is 10.1. The summed E-state index contributed by atoms with van der Waals surface area (Å²) in [5.41, 5.74) is 1.43. The van der Waals surface area contributed by atoms with E-state index in [2.05, 4.69) is 20.0 Å². The molecule has 0 saturated carbocycles. The number of fused-ring (bicyclic) bond motifs is 1. The summed E-state index contributed by atoms with van der Waals surface area (Å²) in [5.74, 6) is -1.06. The topological polar surface area (TPSA) is 77.3 Å². The van der Waals surface area contributed by atoms with Gasteiger partial charge in [-0.05, 0) is 30.7 Å². The van der Waals surface area contributed by atoms with Crippen LogP contribution in [0.3, 0.4) is 0 Å². The first-order valence-corrected chi connectivity index (χ1v) is 7.30. The highest BCUT2D eigenvalue weighted by Gasteiger charge is 2.38. The number of ether oxygens (including phenoxy) is 1. The van der Waals surface area contributed by atoms with Gasteiger partial charge in [0.1, 0.15) is 11.9 Å². The number of amides is 1. The molecule has 1 atom stereocenters. The van der Waals surface area contributed by atoms with E-state index >= 15 is 0 Å². The number of carbonyl (C=O) groups is 1. The second kappa shape index (κ2) is 6.14. The molecule has 1 aromatic carbocycles. The Morgan fingerprint density at radius 2 is 2.21 bits per heavy atom. The Morgan fingerprint density at radius 3 is 2.92 bits per heavy atom. The second-order valence-electron chi connectivity index (χ2n) is 5.47. The van der Waals surface area contributed by atoms with Crippen LogP contribution < -0.4 is 10.1 Å². The van der Waals surface area contributed by atoms with Crippen LogP contribution in [0, 0.1) is 0 Å². The Kier molecular flexibility index (Phi) is 4.16. The zero-order valence-electron chi connectivity index (χ0n) is 12.7. The van der Waals surface area contributed by atoms with Crippen LogP contribution in [-0.4, -0.2) is 28.7 Å². The van der Waals surface area contributed by atoms with Crippen molar-refractivity contribution in [3.63, 3.8) is 0 Å². The third kappa shape index (κ3) is 3.50. The van der Waals surface area contributed by atoms with Crippen LogP contribution in [-0.2, 0) is 19.0 Å². The first-order chi connectivity index (χ1) is 11.3. The highest BCUT2D eigenvalue weighted by atomic mass is 19.4. The minimum atomic E-state index is -4.67. The summed E-state index contributed by atoms with van der Waals surface area (Å²) in [7, 11) is 0. The smallest absolute Gasteiger partial charge is 0.471 e. The molecule has 2 heterocycles. The minimum absolute atomic E-state index is 0.0381. The number of alkyl halides is 3. The van der Waals surface area contributed by atoms with Crippen molar-refractivity contribution >= 4 is 5.91 Å². The van der Waals surface area contributed by atoms with Crippen molar-refractivity contribution in [3.8, 4) is 5.75 Å². The Balaban J connectivity index is 1.55. The van der Waals surface area contributed by atoms with Crippen LogP contribution >= 0.6 is 0 Å². The van der Waals surface area contributed by atoms with Crippen molar-refractivity contribution in [3.05, 3.63) is 41.0 Å². The number of hydrogen-bond donors (Lipinski definition) is 1. The van der Waals surface area contributed by atoms with E-state index < -0.39 is 12.1 Å². The van der Waals surface area contributed by atoms with Gasteiger partial charge in [-0.3, -0.25) is 4.79 Å². The van der Waals surface area contributed by atoms with Crippen LogP contribution in [0.15, 0.2) is 22.7 Å². The number of benzene rings is 1. The molecule has 1 N–H and O–H groups in total. The lowest BCUT2D eigenvalue weighted by molar-refractivity contribution is -0.159. The normalized spacial score (nSPS) is 16.6. The van der Waals surface area contributed by atoms with Gasteiger partial charge in [-0.15, -0.1) is 0 Å². The molecule has 24 heavy (non-hydrogen) atoms.